The minimum absolute atomic E-state index is 0.121. The zero-order chi connectivity index (χ0) is 17.2. The Morgan fingerprint density at radius 2 is 1.33 bits per heavy atom. The van der Waals surface area contributed by atoms with Gasteiger partial charge in [-0.05, 0) is 29.5 Å². The molecule has 0 saturated carbocycles. The Balaban J connectivity index is 1.86. The van der Waals surface area contributed by atoms with E-state index in [2.05, 4.69) is 47.1 Å². The van der Waals surface area contributed by atoms with Gasteiger partial charge in [0.05, 0.1) is 5.33 Å². The number of unbranched alkanes of at least 4 members (excludes halogenated alkanes) is 5. The van der Waals surface area contributed by atoms with Crippen LogP contribution >= 0.6 is 15.9 Å². The molecule has 0 bridgehead atoms. The Morgan fingerprint density at radius 3 is 1.92 bits per heavy atom. The highest BCUT2D eigenvalue weighted by Gasteiger charge is 2.04. The van der Waals surface area contributed by atoms with Gasteiger partial charge in [-0.15, -0.1) is 0 Å². The molecule has 2 rings (SSSR count). The number of hydrogen-bond donors (Lipinski definition) is 0. The normalized spacial score (nSPS) is 10.8. The number of hydrogen-bond acceptors (Lipinski definition) is 1. The fourth-order valence-corrected chi connectivity index (χ4v) is 3.22. The van der Waals surface area contributed by atoms with Crippen LogP contribution in [0.1, 0.15) is 61.4 Å². The summed E-state index contributed by atoms with van der Waals surface area (Å²) in [4.78, 5) is 11.6. The zero-order valence-electron chi connectivity index (χ0n) is 14.6. The second kappa shape index (κ2) is 10.5. The van der Waals surface area contributed by atoms with Crippen LogP contribution in [-0.2, 0) is 6.42 Å². The summed E-state index contributed by atoms with van der Waals surface area (Å²) in [7, 11) is 0. The maximum Gasteiger partial charge on any atom is 0.173 e. The van der Waals surface area contributed by atoms with E-state index in [1.165, 1.54) is 56.1 Å². The number of rotatable bonds is 10. The highest BCUT2D eigenvalue weighted by molar-refractivity contribution is 9.09. The van der Waals surface area contributed by atoms with E-state index in [1.54, 1.807) is 0 Å². The smallest absolute Gasteiger partial charge is 0.173 e. The molecule has 2 aromatic carbocycles. The van der Waals surface area contributed by atoms with Crippen LogP contribution in [0.3, 0.4) is 0 Å². The summed E-state index contributed by atoms with van der Waals surface area (Å²) >= 11 is 3.21. The van der Waals surface area contributed by atoms with Crippen LogP contribution in [0.2, 0.25) is 0 Å². The van der Waals surface area contributed by atoms with E-state index < -0.39 is 0 Å². The second-order valence-corrected chi connectivity index (χ2v) is 6.91. The van der Waals surface area contributed by atoms with Crippen molar-refractivity contribution in [3.63, 3.8) is 0 Å². The Hall–Kier alpha value is -1.41. The van der Waals surface area contributed by atoms with Crippen LogP contribution in [0.4, 0.5) is 0 Å². The molecule has 0 aliphatic heterocycles. The molecule has 0 aromatic heterocycles. The van der Waals surface area contributed by atoms with Gasteiger partial charge in [0.2, 0.25) is 0 Å². The van der Waals surface area contributed by atoms with Gasteiger partial charge >= 0.3 is 0 Å². The van der Waals surface area contributed by atoms with Gasteiger partial charge in [0.15, 0.2) is 5.78 Å². The lowest BCUT2D eigenvalue weighted by Gasteiger charge is -2.06. The SMILES string of the molecule is CCCCCCCCc1ccc(-c2ccc(C(=O)CBr)cc2)cc1. The van der Waals surface area contributed by atoms with Crippen molar-refractivity contribution >= 4 is 21.7 Å². The van der Waals surface area contributed by atoms with Crippen LogP contribution in [0.15, 0.2) is 48.5 Å². The molecule has 0 spiro atoms. The number of alkyl halides is 1. The summed E-state index contributed by atoms with van der Waals surface area (Å²) in [6.07, 6.45) is 9.22. The summed E-state index contributed by atoms with van der Waals surface area (Å²) in [5, 5.41) is 0.374. The Morgan fingerprint density at radius 1 is 0.792 bits per heavy atom. The van der Waals surface area contributed by atoms with Gasteiger partial charge < -0.3 is 0 Å². The Kier molecular flexibility index (Phi) is 8.24. The van der Waals surface area contributed by atoms with Crippen LogP contribution < -0.4 is 0 Å². The summed E-state index contributed by atoms with van der Waals surface area (Å²) < 4.78 is 0. The molecule has 0 N–H and O–H groups in total. The third kappa shape index (κ3) is 5.90. The molecule has 2 heteroatoms. The predicted molar refractivity (Wildman–Crippen MR) is 107 cm³/mol. The van der Waals surface area contributed by atoms with E-state index in [9.17, 15) is 4.79 Å². The number of carbonyl (C=O) groups is 1. The fraction of sp³-hybridized carbons (Fsp3) is 0.409. The molecule has 1 nitrogen and oxygen atoms in total. The fourth-order valence-electron chi connectivity index (χ4n) is 2.90. The molecule has 0 fully saturated rings. The van der Waals surface area contributed by atoms with Gasteiger partial charge in [0.1, 0.15) is 0 Å². The van der Waals surface area contributed by atoms with Crippen molar-refractivity contribution in [1.29, 1.82) is 0 Å². The Bertz CT molecular complexity index is 613. The van der Waals surface area contributed by atoms with Crippen molar-refractivity contribution in [1.82, 2.24) is 0 Å². The van der Waals surface area contributed by atoms with E-state index in [1.807, 2.05) is 24.3 Å². The van der Waals surface area contributed by atoms with Crippen molar-refractivity contribution in [2.75, 3.05) is 5.33 Å². The lowest BCUT2D eigenvalue weighted by molar-refractivity contribution is 0.102. The third-order valence-electron chi connectivity index (χ3n) is 4.43. The molecule has 0 amide bonds. The minimum atomic E-state index is 0.121. The van der Waals surface area contributed by atoms with E-state index in [0.717, 1.165) is 11.1 Å². The molecule has 0 aliphatic rings. The van der Waals surface area contributed by atoms with Crippen molar-refractivity contribution in [2.24, 2.45) is 0 Å². The van der Waals surface area contributed by atoms with E-state index in [-0.39, 0.29) is 5.78 Å². The maximum atomic E-state index is 11.6. The summed E-state index contributed by atoms with van der Waals surface area (Å²) in [5.74, 6) is 0.121. The van der Waals surface area contributed by atoms with Crippen LogP contribution in [-0.4, -0.2) is 11.1 Å². The van der Waals surface area contributed by atoms with E-state index in [0.29, 0.717) is 5.33 Å². The molecule has 128 valence electrons. The number of benzene rings is 2. The van der Waals surface area contributed by atoms with Crippen LogP contribution in [0, 0.1) is 0 Å². The summed E-state index contributed by atoms with van der Waals surface area (Å²) in [6, 6.07) is 16.7. The first-order valence-electron chi connectivity index (χ1n) is 9.03. The van der Waals surface area contributed by atoms with Gasteiger partial charge in [0.25, 0.3) is 0 Å². The number of ketones is 1. The van der Waals surface area contributed by atoms with Gasteiger partial charge in [-0.1, -0.05) is 103 Å². The predicted octanol–water partition coefficient (Wildman–Crippen LogP) is 6.83. The largest absolute Gasteiger partial charge is 0.293 e. The average molecular weight is 387 g/mol. The quantitative estimate of drug-likeness (QED) is 0.248. The third-order valence-corrected chi connectivity index (χ3v) is 4.94. The van der Waals surface area contributed by atoms with Crippen molar-refractivity contribution in [3.05, 3.63) is 59.7 Å². The second-order valence-electron chi connectivity index (χ2n) is 6.35. The van der Waals surface area contributed by atoms with E-state index in [4.69, 9.17) is 0 Å². The first kappa shape index (κ1) is 18.9. The van der Waals surface area contributed by atoms with Gasteiger partial charge in [-0.25, -0.2) is 0 Å². The highest BCUT2D eigenvalue weighted by atomic mass is 79.9. The van der Waals surface area contributed by atoms with Gasteiger partial charge in [-0.2, -0.15) is 0 Å². The van der Waals surface area contributed by atoms with Gasteiger partial charge in [0, 0.05) is 5.56 Å². The molecule has 0 atom stereocenters. The lowest BCUT2D eigenvalue weighted by Crippen LogP contribution is -1.98. The van der Waals surface area contributed by atoms with Gasteiger partial charge in [-0.3, -0.25) is 4.79 Å². The first-order valence-corrected chi connectivity index (χ1v) is 10.1. The average Bonchev–Trinajstić information content (AvgIpc) is 2.64. The van der Waals surface area contributed by atoms with Crippen molar-refractivity contribution in [3.8, 4) is 11.1 Å². The van der Waals surface area contributed by atoms with Crippen molar-refractivity contribution < 1.29 is 4.79 Å². The standard InChI is InChI=1S/C22H27BrO/c1-2-3-4-5-6-7-8-18-9-11-19(12-10-18)20-13-15-21(16-14-20)22(24)17-23/h9-16H,2-8,17H2,1H3. The Labute approximate surface area is 154 Å². The lowest BCUT2D eigenvalue weighted by atomic mass is 9.99. The monoisotopic (exact) mass is 386 g/mol. The minimum Gasteiger partial charge on any atom is -0.293 e. The van der Waals surface area contributed by atoms with Crippen molar-refractivity contribution in [2.45, 2.75) is 51.9 Å². The number of carbonyl (C=O) groups excluding carboxylic acids is 1. The van der Waals surface area contributed by atoms with Crippen LogP contribution in [0.25, 0.3) is 11.1 Å². The molecule has 0 saturated heterocycles. The molecule has 0 heterocycles. The highest BCUT2D eigenvalue weighted by Crippen LogP contribution is 2.21. The maximum absolute atomic E-state index is 11.6. The van der Waals surface area contributed by atoms with Crippen LogP contribution in [0.5, 0.6) is 0 Å². The molecule has 2 aromatic rings. The zero-order valence-corrected chi connectivity index (χ0v) is 16.1. The molecule has 0 radical (unpaired) electrons. The molecular formula is C22H27BrO. The number of aryl methyl sites for hydroxylation is 1. The summed E-state index contributed by atoms with van der Waals surface area (Å²) in [5.41, 5.74) is 4.54. The number of Topliss-reactive ketones (excluding diaryl/α,β-unsaturated/α-hetero) is 1. The first-order chi connectivity index (χ1) is 11.7. The number of halogens is 1. The topological polar surface area (TPSA) is 17.1 Å². The molecule has 24 heavy (non-hydrogen) atoms. The molecule has 0 aliphatic carbocycles. The van der Waals surface area contributed by atoms with E-state index >= 15 is 0 Å². The summed E-state index contributed by atoms with van der Waals surface area (Å²) in [6.45, 7) is 2.26. The molecular weight excluding hydrogens is 360 g/mol. The molecule has 0 unspecified atom stereocenters.